The number of rotatable bonds is 3. The van der Waals surface area contributed by atoms with Crippen molar-refractivity contribution in [1.82, 2.24) is 15.2 Å². The van der Waals surface area contributed by atoms with Crippen molar-refractivity contribution in [3.63, 3.8) is 0 Å². The molecule has 0 unspecified atom stereocenters. The van der Waals surface area contributed by atoms with Gasteiger partial charge in [-0.3, -0.25) is 4.98 Å². The summed E-state index contributed by atoms with van der Waals surface area (Å²) in [5, 5.41) is 3.01. The van der Waals surface area contributed by atoms with Gasteiger partial charge in [-0.2, -0.15) is 0 Å². The summed E-state index contributed by atoms with van der Waals surface area (Å²) in [5.74, 6) is 0. The maximum Gasteiger partial charge on any atom is 0.317 e. The van der Waals surface area contributed by atoms with Crippen LogP contribution in [0.4, 0.5) is 10.5 Å². The Kier molecular flexibility index (Phi) is 4.76. The lowest BCUT2D eigenvalue weighted by Crippen LogP contribution is -2.51. The molecule has 1 aromatic heterocycles. The average molecular weight is 310 g/mol. The van der Waals surface area contributed by atoms with Crippen molar-refractivity contribution in [2.75, 3.05) is 31.1 Å². The van der Waals surface area contributed by atoms with Crippen molar-refractivity contribution in [2.24, 2.45) is 0 Å². The molecule has 1 fully saturated rings. The fourth-order valence-corrected chi connectivity index (χ4v) is 2.83. The molecule has 1 saturated heterocycles. The number of aromatic nitrogens is 1. The van der Waals surface area contributed by atoms with Gasteiger partial charge < -0.3 is 15.1 Å². The highest BCUT2D eigenvalue weighted by atomic mass is 16.2. The van der Waals surface area contributed by atoms with Crippen LogP contribution in [0.3, 0.4) is 0 Å². The van der Waals surface area contributed by atoms with Crippen LogP contribution in [0.1, 0.15) is 11.1 Å². The number of pyridine rings is 1. The van der Waals surface area contributed by atoms with Crippen molar-refractivity contribution >= 4 is 11.7 Å². The van der Waals surface area contributed by atoms with Gasteiger partial charge in [0.2, 0.25) is 0 Å². The van der Waals surface area contributed by atoms with Crippen molar-refractivity contribution in [3.05, 3.63) is 59.9 Å². The molecule has 0 atom stereocenters. The number of benzene rings is 1. The Hall–Kier alpha value is -2.56. The summed E-state index contributed by atoms with van der Waals surface area (Å²) < 4.78 is 0. The fourth-order valence-electron chi connectivity index (χ4n) is 2.83. The molecule has 23 heavy (non-hydrogen) atoms. The number of nitrogens with one attached hydrogen (secondary N) is 1. The number of piperazine rings is 1. The molecule has 1 aromatic carbocycles. The summed E-state index contributed by atoms with van der Waals surface area (Å²) in [7, 11) is 0. The third-order valence-electron chi connectivity index (χ3n) is 4.12. The van der Waals surface area contributed by atoms with Gasteiger partial charge in [-0.1, -0.05) is 29.8 Å². The Morgan fingerprint density at radius 1 is 1.13 bits per heavy atom. The van der Waals surface area contributed by atoms with E-state index >= 15 is 0 Å². The van der Waals surface area contributed by atoms with Crippen LogP contribution in [0.5, 0.6) is 0 Å². The first kappa shape index (κ1) is 15.3. The maximum atomic E-state index is 12.3. The van der Waals surface area contributed by atoms with Crippen LogP contribution in [-0.2, 0) is 6.54 Å². The number of anilines is 1. The molecule has 1 aliphatic rings. The second kappa shape index (κ2) is 7.13. The minimum absolute atomic E-state index is 0.0147. The largest absolute Gasteiger partial charge is 0.368 e. The number of carbonyl (C=O) groups excluding carboxylic acids is 1. The van der Waals surface area contributed by atoms with Crippen LogP contribution < -0.4 is 10.2 Å². The molecule has 2 amide bonds. The van der Waals surface area contributed by atoms with Crippen LogP contribution in [0.25, 0.3) is 0 Å². The van der Waals surface area contributed by atoms with Gasteiger partial charge in [0.25, 0.3) is 0 Å². The Bertz CT molecular complexity index is 651. The van der Waals surface area contributed by atoms with Crippen molar-refractivity contribution in [2.45, 2.75) is 13.5 Å². The minimum Gasteiger partial charge on any atom is -0.368 e. The lowest BCUT2D eigenvalue weighted by molar-refractivity contribution is 0.194. The summed E-state index contributed by atoms with van der Waals surface area (Å²) >= 11 is 0. The molecule has 2 heterocycles. The first-order chi connectivity index (χ1) is 11.2. The van der Waals surface area contributed by atoms with Gasteiger partial charge in [-0.25, -0.2) is 4.79 Å². The van der Waals surface area contributed by atoms with Crippen LogP contribution >= 0.6 is 0 Å². The number of hydrogen-bond donors (Lipinski definition) is 1. The summed E-state index contributed by atoms with van der Waals surface area (Å²) in [6, 6.07) is 12.2. The second-order valence-electron chi connectivity index (χ2n) is 5.83. The number of amides is 2. The quantitative estimate of drug-likeness (QED) is 0.947. The first-order valence-corrected chi connectivity index (χ1v) is 7.96. The monoisotopic (exact) mass is 310 g/mol. The third kappa shape index (κ3) is 4.00. The van der Waals surface area contributed by atoms with E-state index in [4.69, 9.17) is 0 Å². The molecule has 120 valence electrons. The topological polar surface area (TPSA) is 48.5 Å². The predicted molar refractivity (Wildman–Crippen MR) is 91.4 cm³/mol. The molecule has 1 aliphatic heterocycles. The standard InChI is InChI=1S/C18H22N4O/c1-15-3-2-4-16(13-15)14-20-18(23)22-11-9-21(10-12-22)17-5-7-19-8-6-17/h2-8,13H,9-12,14H2,1H3,(H,20,23). The van der Waals surface area contributed by atoms with Crippen molar-refractivity contribution in [1.29, 1.82) is 0 Å². The Morgan fingerprint density at radius 2 is 1.87 bits per heavy atom. The zero-order valence-electron chi connectivity index (χ0n) is 13.4. The molecular weight excluding hydrogens is 288 g/mol. The zero-order valence-corrected chi connectivity index (χ0v) is 13.4. The molecule has 0 bridgehead atoms. The van der Waals surface area contributed by atoms with E-state index < -0.39 is 0 Å². The number of urea groups is 1. The third-order valence-corrected chi connectivity index (χ3v) is 4.12. The predicted octanol–water partition coefficient (Wildman–Crippen LogP) is 2.42. The average Bonchev–Trinajstić information content (AvgIpc) is 2.61. The second-order valence-corrected chi connectivity index (χ2v) is 5.83. The lowest BCUT2D eigenvalue weighted by Gasteiger charge is -2.36. The van der Waals surface area contributed by atoms with E-state index in [-0.39, 0.29) is 6.03 Å². The molecule has 2 aromatic rings. The van der Waals surface area contributed by atoms with Gasteiger partial charge in [0, 0.05) is 50.8 Å². The normalized spacial score (nSPS) is 14.7. The molecule has 0 aliphatic carbocycles. The van der Waals surface area contributed by atoms with E-state index in [2.05, 4.69) is 34.3 Å². The number of carbonyl (C=O) groups is 1. The van der Waals surface area contributed by atoms with Gasteiger partial charge in [0.05, 0.1) is 0 Å². The van der Waals surface area contributed by atoms with Gasteiger partial charge in [-0.15, -0.1) is 0 Å². The number of hydrogen-bond acceptors (Lipinski definition) is 3. The molecule has 1 N–H and O–H groups in total. The van der Waals surface area contributed by atoms with Gasteiger partial charge in [0.15, 0.2) is 0 Å². The highest BCUT2D eigenvalue weighted by Gasteiger charge is 2.20. The Labute approximate surface area is 136 Å². The summed E-state index contributed by atoms with van der Waals surface area (Å²) in [4.78, 5) is 20.5. The van der Waals surface area contributed by atoms with Crippen molar-refractivity contribution in [3.8, 4) is 0 Å². The molecule has 0 radical (unpaired) electrons. The molecule has 5 heteroatoms. The molecule has 3 rings (SSSR count). The lowest BCUT2D eigenvalue weighted by atomic mass is 10.1. The van der Waals surface area contributed by atoms with E-state index in [1.165, 1.54) is 11.3 Å². The number of aryl methyl sites for hydroxylation is 1. The van der Waals surface area contributed by atoms with E-state index in [0.717, 1.165) is 31.7 Å². The van der Waals surface area contributed by atoms with Gasteiger partial charge in [-0.05, 0) is 24.6 Å². The molecular formula is C18H22N4O. The van der Waals surface area contributed by atoms with E-state index in [0.29, 0.717) is 6.54 Å². The van der Waals surface area contributed by atoms with Crippen molar-refractivity contribution < 1.29 is 4.79 Å². The van der Waals surface area contributed by atoms with Crippen LogP contribution in [-0.4, -0.2) is 42.1 Å². The maximum absolute atomic E-state index is 12.3. The van der Waals surface area contributed by atoms with Crippen LogP contribution in [0, 0.1) is 6.92 Å². The highest BCUT2D eigenvalue weighted by molar-refractivity contribution is 5.74. The molecule has 5 nitrogen and oxygen atoms in total. The van der Waals surface area contributed by atoms with Gasteiger partial charge >= 0.3 is 6.03 Å². The summed E-state index contributed by atoms with van der Waals surface area (Å²) in [5.41, 5.74) is 3.51. The number of nitrogens with zero attached hydrogens (tertiary/aromatic N) is 3. The van der Waals surface area contributed by atoms with E-state index in [9.17, 15) is 4.79 Å². The summed E-state index contributed by atoms with van der Waals surface area (Å²) in [6.45, 7) is 5.81. The van der Waals surface area contributed by atoms with E-state index in [1.807, 2.05) is 29.2 Å². The first-order valence-electron chi connectivity index (χ1n) is 7.96. The SMILES string of the molecule is Cc1cccc(CNC(=O)N2CCN(c3ccncc3)CC2)c1. The molecule has 0 spiro atoms. The summed E-state index contributed by atoms with van der Waals surface area (Å²) in [6.07, 6.45) is 3.60. The van der Waals surface area contributed by atoms with E-state index in [1.54, 1.807) is 12.4 Å². The van der Waals surface area contributed by atoms with Crippen LogP contribution in [0.15, 0.2) is 48.8 Å². The Morgan fingerprint density at radius 3 is 2.57 bits per heavy atom. The zero-order chi connectivity index (χ0) is 16.1. The highest BCUT2D eigenvalue weighted by Crippen LogP contribution is 2.14. The van der Waals surface area contributed by atoms with Crippen LogP contribution in [0.2, 0.25) is 0 Å². The smallest absolute Gasteiger partial charge is 0.317 e. The fraction of sp³-hybridized carbons (Fsp3) is 0.333. The minimum atomic E-state index is 0.0147. The van der Waals surface area contributed by atoms with Gasteiger partial charge in [0.1, 0.15) is 0 Å². The Balaban J connectivity index is 1.48. The molecule has 0 saturated carbocycles.